The molecule has 0 heterocycles. The summed E-state index contributed by atoms with van der Waals surface area (Å²) >= 11 is 14.1. The minimum Gasteiger partial charge on any atom is -0.0836 e. The maximum atomic E-state index is 7.04. The zero-order valence-corrected chi connectivity index (χ0v) is 27.6. The molecule has 6 rings (SSSR count). The molecule has 2 heteroatoms. The first-order valence-electron chi connectivity index (χ1n) is 16.5. The molecule has 0 spiro atoms. The average Bonchev–Trinajstić information content (AvgIpc) is 3.05. The summed E-state index contributed by atoms with van der Waals surface area (Å²) in [5.74, 6) is 0. The van der Waals surface area contributed by atoms with Crippen molar-refractivity contribution in [2.45, 2.75) is 78.1 Å². The van der Waals surface area contributed by atoms with E-state index in [1.165, 1.54) is 73.6 Å². The van der Waals surface area contributed by atoms with Gasteiger partial charge < -0.3 is 0 Å². The molecular weight excluding hydrogens is 575 g/mol. The number of unbranched alkanes of at least 4 members (excludes halogenated alkanes) is 6. The van der Waals surface area contributed by atoms with Gasteiger partial charge in [0.1, 0.15) is 0 Å². The van der Waals surface area contributed by atoms with Crippen LogP contribution in [0.1, 0.15) is 76.3 Å². The van der Waals surface area contributed by atoms with Gasteiger partial charge in [-0.05, 0) is 105 Å². The lowest BCUT2D eigenvalue weighted by atomic mass is 9.93. The van der Waals surface area contributed by atoms with Crippen molar-refractivity contribution in [3.8, 4) is 22.3 Å². The molecule has 0 fully saturated rings. The van der Waals surface area contributed by atoms with Crippen molar-refractivity contribution in [2.24, 2.45) is 0 Å². The lowest BCUT2D eigenvalue weighted by Gasteiger charge is -2.14. The van der Waals surface area contributed by atoms with Gasteiger partial charge >= 0.3 is 0 Å². The first-order valence-corrected chi connectivity index (χ1v) is 17.3. The molecule has 0 aliphatic carbocycles. The Morgan fingerprint density at radius 3 is 1.20 bits per heavy atom. The lowest BCUT2D eigenvalue weighted by Crippen LogP contribution is -1.88. The van der Waals surface area contributed by atoms with E-state index in [2.05, 4.69) is 111 Å². The number of rotatable bonds is 12. The van der Waals surface area contributed by atoms with Crippen LogP contribution in [0.2, 0.25) is 10.0 Å². The first kappa shape index (κ1) is 30.7. The van der Waals surface area contributed by atoms with E-state index in [-0.39, 0.29) is 0 Å². The van der Waals surface area contributed by atoms with Crippen molar-refractivity contribution >= 4 is 55.5 Å². The fraction of sp³-hybridized carbons (Fsp3) is 0.286. The fourth-order valence-electron chi connectivity index (χ4n) is 6.62. The van der Waals surface area contributed by atoms with E-state index >= 15 is 0 Å². The Morgan fingerprint density at radius 1 is 0.409 bits per heavy atom. The van der Waals surface area contributed by atoms with Crippen LogP contribution in [0.15, 0.2) is 97.1 Å². The molecule has 0 nitrogen and oxygen atoms in total. The summed E-state index contributed by atoms with van der Waals surface area (Å²) in [5.41, 5.74) is 7.51. The Labute approximate surface area is 273 Å². The van der Waals surface area contributed by atoms with Gasteiger partial charge in [0.2, 0.25) is 0 Å². The number of hydrogen-bond acceptors (Lipinski definition) is 0. The molecule has 0 atom stereocenters. The summed E-state index contributed by atoms with van der Waals surface area (Å²) in [6, 6.07) is 35.6. The Bertz CT molecular complexity index is 1740. The summed E-state index contributed by atoms with van der Waals surface area (Å²) in [7, 11) is 0. The average molecular weight is 618 g/mol. The van der Waals surface area contributed by atoms with Gasteiger partial charge in [-0.15, -0.1) is 0 Å². The van der Waals surface area contributed by atoms with Gasteiger partial charge in [-0.25, -0.2) is 0 Å². The Kier molecular flexibility index (Phi) is 9.90. The number of aryl methyl sites for hydroxylation is 2. The first-order chi connectivity index (χ1) is 21.6. The van der Waals surface area contributed by atoms with Crippen LogP contribution in [0.3, 0.4) is 0 Å². The van der Waals surface area contributed by atoms with E-state index in [4.69, 9.17) is 23.2 Å². The predicted molar refractivity (Wildman–Crippen MR) is 196 cm³/mol. The van der Waals surface area contributed by atoms with Crippen LogP contribution in [0.4, 0.5) is 0 Å². The zero-order valence-electron chi connectivity index (χ0n) is 26.1. The molecule has 0 saturated carbocycles. The monoisotopic (exact) mass is 616 g/mol. The molecule has 0 aromatic heterocycles. The Balaban J connectivity index is 1.29. The third-order valence-electron chi connectivity index (χ3n) is 9.14. The molecule has 0 amide bonds. The van der Waals surface area contributed by atoms with Crippen molar-refractivity contribution in [3.05, 3.63) is 118 Å². The largest absolute Gasteiger partial charge is 0.0836 e. The highest BCUT2D eigenvalue weighted by Gasteiger charge is 2.13. The number of benzene rings is 6. The van der Waals surface area contributed by atoms with Crippen LogP contribution in [0.25, 0.3) is 54.6 Å². The zero-order chi connectivity index (χ0) is 30.5. The van der Waals surface area contributed by atoms with Gasteiger partial charge in [0, 0.05) is 20.8 Å². The van der Waals surface area contributed by atoms with E-state index < -0.39 is 0 Å². The summed E-state index contributed by atoms with van der Waals surface area (Å²) in [4.78, 5) is 0. The van der Waals surface area contributed by atoms with Crippen molar-refractivity contribution in [1.29, 1.82) is 0 Å². The van der Waals surface area contributed by atoms with E-state index in [0.717, 1.165) is 66.3 Å². The lowest BCUT2D eigenvalue weighted by molar-refractivity contribution is 0.667. The van der Waals surface area contributed by atoms with Gasteiger partial charge in [0.25, 0.3) is 0 Å². The number of hydrogen-bond donors (Lipinski definition) is 0. The van der Waals surface area contributed by atoms with Crippen molar-refractivity contribution in [1.82, 2.24) is 0 Å². The van der Waals surface area contributed by atoms with Crippen LogP contribution < -0.4 is 0 Å². The molecule has 224 valence electrons. The van der Waals surface area contributed by atoms with Crippen LogP contribution in [0, 0.1) is 0 Å². The topological polar surface area (TPSA) is 0 Å². The van der Waals surface area contributed by atoms with Crippen LogP contribution in [-0.2, 0) is 12.8 Å². The quantitative estimate of drug-likeness (QED) is 0.0947. The predicted octanol–water partition coefficient (Wildman–Crippen LogP) is 14.0. The highest BCUT2D eigenvalue weighted by molar-refractivity contribution is 6.41. The summed E-state index contributed by atoms with van der Waals surface area (Å²) in [6.07, 6.45) is 12.6. The van der Waals surface area contributed by atoms with Gasteiger partial charge in [-0.3, -0.25) is 0 Å². The number of halogens is 2. The molecule has 0 aliphatic rings. The summed E-state index contributed by atoms with van der Waals surface area (Å²) in [5, 5.41) is 8.26. The van der Waals surface area contributed by atoms with Crippen molar-refractivity contribution in [2.75, 3.05) is 0 Å². The molecule has 0 radical (unpaired) electrons. The van der Waals surface area contributed by atoms with E-state index in [1.54, 1.807) is 0 Å². The normalized spacial score (nSPS) is 11.6. The highest BCUT2D eigenvalue weighted by Crippen LogP contribution is 2.41. The molecular formula is C42H42Cl2. The second kappa shape index (κ2) is 14.2. The molecule has 0 aliphatic heterocycles. The van der Waals surface area contributed by atoms with E-state index in [9.17, 15) is 0 Å². The SMILES string of the molecule is CCCCCCc1ccc(-c2cc(Cl)c3c(ccc4c3ccc3cc(-c5ccc(CCCCCC)cc5)cc(Cl)c34)c2)cc1. The standard InChI is InChI=1S/C42H42Cl2/c1-3-5-7-9-11-29-13-17-31(18-14-29)35-25-33-21-23-38-37(41(33)39(43)27-35)24-22-34-26-36(28-40(44)42(34)38)32-19-15-30(16-20-32)12-10-8-6-4-2/h13-28H,3-12H2,1-2H3. The van der Waals surface area contributed by atoms with Crippen LogP contribution in [0.5, 0.6) is 0 Å². The van der Waals surface area contributed by atoms with Gasteiger partial charge in [-0.2, -0.15) is 0 Å². The van der Waals surface area contributed by atoms with Gasteiger partial charge in [-0.1, -0.05) is 148 Å². The smallest absolute Gasteiger partial charge is 0.0496 e. The van der Waals surface area contributed by atoms with Crippen LogP contribution >= 0.6 is 23.2 Å². The minimum absolute atomic E-state index is 0.772. The Hall–Kier alpha value is -3.32. The molecule has 0 unspecified atom stereocenters. The summed E-state index contributed by atoms with van der Waals surface area (Å²) in [6.45, 7) is 4.52. The minimum atomic E-state index is 0.772. The maximum absolute atomic E-state index is 7.04. The van der Waals surface area contributed by atoms with Crippen LogP contribution in [-0.4, -0.2) is 0 Å². The second-order valence-electron chi connectivity index (χ2n) is 12.4. The summed E-state index contributed by atoms with van der Waals surface area (Å²) < 4.78 is 0. The molecule has 44 heavy (non-hydrogen) atoms. The number of fused-ring (bicyclic) bond motifs is 5. The molecule has 6 aromatic rings. The fourth-order valence-corrected chi connectivity index (χ4v) is 7.28. The molecule has 0 N–H and O–H groups in total. The third kappa shape index (κ3) is 6.68. The maximum Gasteiger partial charge on any atom is 0.0496 e. The Morgan fingerprint density at radius 2 is 0.818 bits per heavy atom. The third-order valence-corrected chi connectivity index (χ3v) is 9.74. The van der Waals surface area contributed by atoms with Crippen molar-refractivity contribution in [3.63, 3.8) is 0 Å². The molecule has 0 saturated heterocycles. The second-order valence-corrected chi connectivity index (χ2v) is 13.2. The molecule has 0 bridgehead atoms. The van der Waals surface area contributed by atoms with E-state index in [0.29, 0.717) is 0 Å². The van der Waals surface area contributed by atoms with Crippen molar-refractivity contribution < 1.29 is 0 Å². The molecule has 6 aromatic carbocycles. The van der Waals surface area contributed by atoms with Gasteiger partial charge in [0.15, 0.2) is 0 Å². The van der Waals surface area contributed by atoms with Gasteiger partial charge in [0.05, 0.1) is 0 Å². The highest BCUT2D eigenvalue weighted by atomic mass is 35.5. The van der Waals surface area contributed by atoms with E-state index in [1.807, 2.05) is 0 Å².